The summed E-state index contributed by atoms with van der Waals surface area (Å²) in [5.74, 6) is 0.332. The van der Waals surface area contributed by atoms with E-state index in [1.807, 2.05) is 48.5 Å². The highest BCUT2D eigenvalue weighted by Gasteiger charge is 2.30. The number of hydrogen-bond acceptors (Lipinski definition) is 6. The molecule has 0 bridgehead atoms. The first kappa shape index (κ1) is 21.9. The van der Waals surface area contributed by atoms with E-state index in [1.54, 1.807) is 30.3 Å². The summed E-state index contributed by atoms with van der Waals surface area (Å²) in [5.41, 5.74) is 0.941. The molecular formula is C27H25N3O4. The smallest absolute Gasteiger partial charge is 0.410 e. The number of piperidine rings is 1. The van der Waals surface area contributed by atoms with Gasteiger partial charge in [-0.15, -0.1) is 0 Å². The number of fused-ring (bicyclic) bond motifs is 1. The SMILES string of the molecule is O=C(NC(C=C1N=C(c2cccc3ccccc23)OC1=O)C1CCNCC1)Oc1ccccc1. The van der Waals surface area contributed by atoms with E-state index < -0.39 is 18.1 Å². The number of cyclic esters (lactones) is 1. The Morgan fingerprint density at radius 2 is 1.76 bits per heavy atom. The van der Waals surface area contributed by atoms with Crippen LogP contribution >= 0.6 is 0 Å². The first-order valence-electron chi connectivity index (χ1n) is 11.4. The topological polar surface area (TPSA) is 89.0 Å². The number of esters is 1. The summed E-state index contributed by atoms with van der Waals surface area (Å²) in [6.45, 7) is 1.68. The molecule has 0 spiro atoms. The van der Waals surface area contributed by atoms with Crippen LogP contribution in [0.5, 0.6) is 5.75 Å². The minimum atomic E-state index is -0.573. The first-order valence-corrected chi connectivity index (χ1v) is 11.4. The number of ether oxygens (including phenoxy) is 2. The van der Waals surface area contributed by atoms with Crippen molar-refractivity contribution in [2.75, 3.05) is 13.1 Å². The molecule has 34 heavy (non-hydrogen) atoms. The van der Waals surface area contributed by atoms with Crippen molar-refractivity contribution in [1.29, 1.82) is 0 Å². The number of amides is 1. The lowest BCUT2D eigenvalue weighted by atomic mass is 9.89. The molecule has 3 aromatic rings. The molecule has 1 fully saturated rings. The minimum absolute atomic E-state index is 0.140. The highest BCUT2D eigenvalue weighted by molar-refractivity contribution is 6.16. The maximum atomic E-state index is 12.7. The summed E-state index contributed by atoms with van der Waals surface area (Å²) >= 11 is 0. The molecule has 3 aromatic carbocycles. The summed E-state index contributed by atoms with van der Waals surface area (Å²) in [4.78, 5) is 29.9. The molecule has 7 heteroatoms. The minimum Gasteiger partial charge on any atom is -0.410 e. The number of nitrogens with zero attached hydrogens (tertiary/aromatic N) is 1. The quantitative estimate of drug-likeness (QED) is 0.445. The molecule has 1 atom stereocenters. The monoisotopic (exact) mass is 455 g/mol. The zero-order chi connectivity index (χ0) is 23.3. The summed E-state index contributed by atoms with van der Waals surface area (Å²) in [7, 11) is 0. The van der Waals surface area contributed by atoms with Crippen LogP contribution in [0.4, 0.5) is 4.79 Å². The Kier molecular flexibility index (Phi) is 6.35. The van der Waals surface area contributed by atoms with Crippen LogP contribution in [-0.4, -0.2) is 37.1 Å². The molecule has 1 amide bonds. The van der Waals surface area contributed by atoms with E-state index in [2.05, 4.69) is 15.6 Å². The Bertz CT molecular complexity index is 1260. The normalized spacial score (nSPS) is 18.4. The molecular weight excluding hydrogens is 430 g/mol. The van der Waals surface area contributed by atoms with Crippen LogP contribution in [0.3, 0.4) is 0 Å². The largest absolute Gasteiger partial charge is 0.413 e. The fourth-order valence-electron chi connectivity index (χ4n) is 4.38. The average Bonchev–Trinajstić information content (AvgIpc) is 3.24. The van der Waals surface area contributed by atoms with Gasteiger partial charge in [0.25, 0.3) is 0 Å². The van der Waals surface area contributed by atoms with Gasteiger partial charge < -0.3 is 20.1 Å². The van der Waals surface area contributed by atoms with E-state index >= 15 is 0 Å². The summed E-state index contributed by atoms with van der Waals surface area (Å²) in [6.07, 6.45) is 2.84. The van der Waals surface area contributed by atoms with Crippen molar-refractivity contribution in [3.63, 3.8) is 0 Å². The highest BCUT2D eigenvalue weighted by Crippen LogP contribution is 2.26. The van der Waals surface area contributed by atoms with Crippen LogP contribution in [0, 0.1) is 5.92 Å². The van der Waals surface area contributed by atoms with E-state index in [1.165, 1.54) is 0 Å². The van der Waals surface area contributed by atoms with Gasteiger partial charge in [-0.1, -0.05) is 54.6 Å². The Labute approximate surface area is 197 Å². The predicted octanol–water partition coefficient (Wildman–Crippen LogP) is 4.18. The zero-order valence-corrected chi connectivity index (χ0v) is 18.6. The van der Waals surface area contributed by atoms with Gasteiger partial charge in [0.2, 0.25) is 5.90 Å². The third-order valence-corrected chi connectivity index (χ3v) is 6.11. The fraction of sp³-hybridized carbons (Fsp3) is 0.222. The number of carbonyl (C=O) groups excluding carboxylic acids is 2. The van der Waals surface area contributed by atoms with Crippen LogP contribution < -0.4 is 15.4 Å². The number of rotatable bonds is 5. The van der Waals surface area contributed by atoms with Crippen molar-refractivity contribution in [3.05, 3.63) is 90.1 Å². The van der Waals surface area contributed by atoms with Gasteiger partial charge in [-0.25, -0.2) is 14.6 Å². The Balaban J connectivity index is 1.42. The zero-order valence-electron chi connectivity index (χ0n) is 18.6. The van der Waals surface area contributed by atoms with E-state index in [4.69, 9.17) is 9.47 Å². The summed E-state index contributed by atoms with van der Waals surface area (Å²) in [5, 5.41) is 8.24. The van der Waals surface area contributed by atoms with Gasteiger partial charge in [-0.3, -0.25) is 0 Å². The van der Waals surface area contributed by atoms with Gasteiger partial charge >= 0.3 is 12.1 Å². The number of para-hydroxylation sites is 1. The molecule has 7 nitrogen and oxygen atoms in total. The molecule has 2 aliphatic heterocycles. The summed E-state index contributed by atoms with van der Waals surface area (Å²) < 4.78 is 11.0. The maximum absolute atomic E-state index is 12.7. The van der Waals surface area contributed by atoms with E-state index in [9.17, 15) is 9.59 Å². The van der Waals surface area contributed by atoms with Crippen molar-refractivity contribution >= 4 is 28.7 Å². The lowest BCUT2D eigenvalue weighted by molar-refractivity contribution is -0.130. The Hall–Kier alpha value is -3.97. The van der Waals surface area contributed by atoms with Crippen molar-refractivity contribution in [2.24, 2.45) is 10.9 Å². The summed E-state index contributed by atoms with van der Waals surface area (Å²) in [6, 6.07) is 22.1. The highest BCUT2D eigenvalue weighted by atomic mass is 16.6. The first-order chi connectivity index (χ1) is 16.7. The van der Waals surface area contributed by atoms with Gasteiger partial charge in [-0.2, -0.15) is 0 Å². The van der Waals surface area contributed by atoms with Gasteiger partial charge in [0.15, 0.2) is 5.70 Å². The van der Waals surface area contributed by atoms with Crippen LogP contribution in [0.25, 0.3) is 10.8 Å². The standard InChI is InChI=1S/C27H25N3O4/c31-26-24(29-25(34-26)22-12-6-8-18-7-4-5-11-21(18)22)17-23(19-13-15-28-16-14-19)30-27(32)33-20-9-2-1-3-10-20/h1-12,17,19,23,28H,13-16H2,(H,30,32). The number of nitrogens with one attached hydrogen (secondary N) is 2. The Morgan fingerprint density at radius 1 is 1.03 bits per heavy atom. The van der Waals surface area contributed by atoms with E-state index in [-0.39, 0.29) is 17.5 Å². The molecule has 0 aliphatic carbocycles. The molecule has 2 aliphatic rings. The third-order valence-electron chi connectivity index (χ3n) is 6.11. The maximum Gasteiger partial charge on any atom is 0.413 e. The molecule has 5 rings (SSSR count). The van der Waals surface area contributed by atoms with Gasteiger partial charge in [0, 0.05) is 5.56 Å². The number of hydrogen-bond donors (Lipinski definition) is 2. The average molecular weight is 456 g/mol. The van der Waals surface area contributed by atoms with Crippen LogP contribution in [-0.2, 0) is 9.53 Å². The van der Waals surface area contributed by atoms with Crippen molar-refractivity contribution in [1.82, 2.24) is 10.6 Å². The van der Waals surface area contributed by atoms with Gasteiger partial charge in [0.1, 0.15) is 5.75 Å². The molecule has 1 saturated heterocycles. The second-order valence-corrected chi connectivity index (χ2v) is 8.35. The van der Waals surface area contributed by atoms with Crippen LogP contribution in [0.2, 0.25) is 0 Å². The third kappa shape index (κ3) is 4.84. The number of carbonyl (C=O) groups is 2. The van der Waals surface area contributed by atoms with Crippen LogP contribution in [0.1, 0.15) is 18.4 Å². The molecule has 0 saturated carbocycles. The molecule has 1 unspecified atom stereocenters. The fourth-order valence-corrected chi connectivity index (χ4v) is 4.38. The van der Waals surface area contributed by atoms with Gasteiger partial charge in [0.05, 0.1) is 6.04 Å². The van der Waals surface area contributed by atoms with Crippen molar-refractivity contribution < 1.29 is 19.1 Å². The second kappa shape index (κ2) is 9.89. The van der Waals surface area contributed by atoms with Crippen molar-refractivity contribution in [2.45, 2.75) is 18.9 Å². The number of aliphatic imine (C=N–C) groups is 1. The molecule has 0 radical (unpaired) electrons. The molecule has 0 aromatic heterocycles. The number of benzene rings is 3. The lowest BCUT2D eigenvalue weighted by Crippen LogP contribution is -2.44. The van der Waals surface area contributed by atoms with E-state index in [0.29, 0.717) is 5.75 Å². The predicted molar refractivity (Wildman–Crippen MR) is 130 cm³/mol. The Morgan fingerprint density at radius 3 is 2.59 bits per heavy atom. The van der Waals surface area contributed by atoms with Crippen molar-refractivity contribution in [3.8, 4) is 5.75 Å². The molecule has 2 heterocycles. The van der Waals surface area contributed by atoms with Crippen LogP contribution in [0.15, 0.2) is 89.6 Å². The second-order valence-electron chi connectivity index (χ2n) is 8.35. The molecule has 172 valence electrons. The lowest BCUT2D eigenvalue weighted by Gasteiger charge is -2.29. The van der Waals surface area contributed by atoms with Gasteiger partial charge in [-0.05, 0) is 66.9 Å². The molecule has 2 N–H and O–H groups in total. The van der Waals surface area contributed by atoms with E-state index in [0.717, 1.165) is 42.3 Å².